The molecule has 0 radical (unpaired) electrons. The number of nitrogens with zero attached hydrogens (tertiary/aromatic N) is 1. The van der Waals surface area contributed by atoms with E-state index < -0.39 is 23.6 Å². The van der Waals surface area contributed by atoms with Crippen molar-refractivity contribution in [3.8, 4) is 0 Å². The highest BCUT2D eigenvalue weighted by Crippen LogP contribution is 2.16. The fourth-order valence-electron chi connectivity index (χ4n) is 2.50. The van der Waals surface area contributed by atoms with Crippen molar-refractivity contribution in [1.82, 2.24) is 15.5 Å². The molecule has 0 saturated carbocycles. The first-order valence-corrected chi connectivity index (χ1v) is 8.14. The van der Waals surface area contributed by atoms with Crippen LogP contribution in [-0.4, -0.2) is 46.0 Å². The van der Waals surface area contributed by atoms with Crippen molar-refractivity contribution in [3.05, 3.63) is 29.8 Å². The third-order valence-corrected chi connectivity index (χ3v) is 3.88. The van der Waals surface area contributed by atoms with Crippen LogP contribution in [0.25, 0.3) is 0 Å². The van der Waals surface area contributed by atoms with Gasteiger partial charge in [-0.25, -0.2) is 9.59 Å². The molecule has 9 nitrogen and oxygen atoms in total. The third kappa shape index (κ3) is 5.47. The standard InChI is InChI=1S/C17H22N4O5/c1-17(2,7-6-14(23)24)20-15(25)19-12-5-3-4-11(8-12)10-21-13(22)9-18-16(21)26/h3-5,8H,6-7,9-10H2,1-2H3,(H,18,26)(H,23,24)(H2,19,20,25). The van der Waals surface area contributed by atoms with E-state index in [0.29, 0.717) is 17.7 Å². The number of hydrogen-bond acceptors (Lipinski definition) is 4. The Bertz CT molecular complexity index is 716. The van der Waals surface area contributed by atoms with Crippen molar-refractivity contribution in [2.24, 2.45) is 0 Å². The van der Waals surface area contributed by atoms with Crippen molar-refractivity contribution in [2.75, 3.05) is 11.9 Å². The van der Waals surface area contributed by atoms with E-state index in [0.717, 1.165) is 4.90 Å². The Morgan fingerprint density at radius 1 is 1.31 bits per heavy atom. The summed E-state index contributed by atoms with van der Waals surface area (Å²) < 4.78 is 0. The molecule has 2 rings (SSSR count). The second-order valence-electron chi connectivity index (χ2n) is 6.70. The molecular weight excluding hydrogens is 340 g/mol. The normalized spacial score (nSPS) is 14.2. The molecular formula is C17H22N4O5. The lowest BCUT2D eigenvalue weighted by Gasteiger charge is -2.25. The molecule has 1 fully saturated rings. The molecule has 4 N–H and O–H groups in total. The van der Waals surface area contributed by atoms with Crippen LogP contribution in [0.3, 0.4) is 0 Å². The molecule has 1 heterocycles. The van der Waals surface area contributed by atoms with E-state index >= 15 is 0 Å². The van der Waals surface area contributed by atoms with E-state index in [1.165, 1.54) is 0 Å². The highest BCUT2D eigenvalue weighted by Gasteiger charge is 2.28. The number of aliphatic carboxylic acids is 1. The maximum absolute atomic E-state index is 12.1. The van der Waals surface area contributed by atoms with E-state index in [4.69, 9.17) is 5.11 Å². The lowest BCUT2D eigenvalue weighted by atomic mass is 9.99. The highest BCUT2D eigenvalue weighted by molar-refractivity contribution is 6.01. The summed E-state index contributed by atoms with van der Waals surface area (Å²) in [4.78, 5) is 47.1. The Kier molecular flexibility index (Phi) is 5.81. The quantitative estimate of drug-likeness (QED) is 0.547. The average molecular weight is 362 g/mol. The summed E-state index contributed by atoms with van der Waals surface area (Å²) in [6, 6.07) is 5.90. The van der Waals surface area contributed by atoms with E-state index in [-0.39, 0.29) is 25.4 Å². The number of carbonyl (C=O) groups excluding carboxylic acids is 3. The van der Waals surface area contributed by atoms with Gasteiger partial charge in [-0.2, -0.15) is 0 Å². The van der Waals surface area contributed by atoms with Gasteiger partial charge >= 0.3 is 18.0 Å². The van der Waals surface area contributed by atoms with Crippen LogP contribution < -0.4 is 16.0 Å². The minimum Gasteiger partial charge on any atom is -0.481 e. The molecule has 140 valence electrons. The van der Waals surface area contributed by atoms with Crippen LogP contribution in [0.5, 0.6) is 0 Å². The van der Waals surface area contributed by atoms with Gasteiger partial charge in [0, 0.05) is 17.6 Å². The SMILES string of the molecule is CC(C)(CCC(=O)O)NC(=O)Nc1cccc(CN2C(=O)CNC2=O)c1. The lowest BCUT2D eigenvalue weighted by Crippen LogP contribution is -2.45. The van der Waals surface area contributed by atoms with Crippen LogP contribution in [0.1, 0.15) is 32.3 Å². The number of carboxylic acid groups (broad SMARTS) is 1. The minimum atomic E-state index is -0.923. The van der Waals surface area contributed by atoms with Gasteiger partial charge in [-0.3, -0.25) is 14.5 Å². The Morgan fingerprint density at radius 3 is 2.65 bits per heavy atom. The Balaban J connectivity index is 1.95. The van der Waals surface area contributed by atoms with E-state index in [1.807, 2.05) is 0 Å². The highest BCUT2D eigenvalue weighted by atomic mass is 16.4. The van der Waals surface area contributed by atoms with Gasteiger partial charge in [0.25, 0.3) is 0 Å². The van der Waals surface area contributed by atoms with Crippen molar-refractivity contribution < 1.29 is 24.3 Å². The van der Waals surface area contributed by atoms with Gasteiger partial charge in [-0.05, 0) is 38.0 Å². The Morgan fingerprint density at radius 2 is 2.04 bits per heavy atom. The molecule has 1 aromatic rings. The molecule has 0 unspecified atom stereocenters. The number of rotatable bonds is 7. The predicted molar refractivity (Wildman–Crippen MR) is 93.5 cm³/mol. The number of anilines is 1. The van der Waals surface area contributed by atoms with Crippen molar-refractivity contribution in [1.29, 1.82) is 0 Å². The van der Waals surface area contributed by atoms with Crippen molar-refractivity contribution in [3.63, 3.8) is 0 Å². The largest absolute Gasteiger partial charge is 0.481 e. The molecule has 0 bridgehead atoms. The molecule has 0 aliphatic carbocycles. The second kappa shape index (κ2) is 7.85. The molecule has 1 aromatic carbocycles. The zero-order valence-electron chi connectivity index (χ0n) is 14.7. The average Bonchev–Trinajstić information content (AvgIpc) is 2.85. The molecule has 0 atom stereocenters. The third-order valence-electron chi connectivity index (χ3n) is 3.88. The maximum atomic E-state index is 12.1. The number of amides is 5. The van der Waals surface area contributed by atoms with Crippen LogP contribution in [-0.2, 0) is 16.1 Å². The molecule has 5 amide bonds. The number of hydrogen-bond donors (Lipinski definition) is 4. The summed E-state index contributed by atoms with van der Waals surface area (Å²) in [5.41, 5.74) is 0.513. The summed E-state index contributed by atoms with van der Waals surface area (Å²) in [6.45, 7) is 3.59. The molecule has 26 heavy (non-hydrogen) atoms. The van der Waals surface area contributed by atoms with Crippen LogP contribution in [0, 0.1) is 0 Å². The molecule has 9 heteroatoms. The van der Waals surface area contributed by atoms with E-state index in [1.54, 1.807) is 38.1 Å². The Hall–Kier alpha value is -3.10. The maximum Gasteiger partial charge on any atom is 0.324 e. The van der Waals surface area contributed by atoms with Crippen LogP contribution >= 0.6 is 0 Å². The lowest BCUT2D eigenvalue weighted by molar-refractivity contribution is -0.137. The monoisotopic (exact) mass is 362 g/mol. The van der Waals surface area contributed by atoms with Crippen LogP contribution in [0.15, 0.2) is 24.3 Å². The molecule has 1 aliphatic rings. The first-order chi connectivity index (χ1) is 12.2. The molecule has 0 spiro atoms. The van der Waals surface area contributed by atoms with E-state index in [2.05, 4.69) is 16.0 Å². The summed E-state index contributed by atoms with van der Waals surface area (Å²) in [5.74, 6) is -1.22. The van der Waals surface area contributed by atoms with Gasteiger partial charge in [0.1, 0.15) is 0 Å². The number of imide groups is 1. The fraction of sp³-hybridized carbons (Fsp3) is 0.412. The van der Waals surface area contributed by atoms with Gasteiger partial charge in [-0.15, -0.1) is 0 Å². The zero-order chi connectivity index (χ0) is 19.3. The van der Waals surface area contributed by atoms with Gasteiger partial charge in [-0.1, -0.05) is 12.1 Å². The summed E-state index contributed by atoms with van der Waals surface area (Å²) in [6.07, 6.45) is 0.247. The van der Waals surface area contributed by atoms with Gasteiger partial charge in [0.05, 0.1) is 13.1 Å². The first-order valence-electron chi connectivity index (χ1n) is 8.14. The topological polar surface area (TPSA) is 128 Å². The van der Waals surface area contributed by atoms with Crippen molar-refractivity contribution in [2.45, 2.75) is 38.8 Å². The molecule has 0 aromatic heterocycles. The fourth-order valence-corrected chi connectivity index (χ4v) is 2.50. The van der Waals surface area contributed by atoms with Crippen LogP contribution in [0.2, 0.25) is 0 Å². The van der Waals surface area contributed by atoms with Crippen LogP contribution in [0.4, 0.5) is 15.3 Å². The number of nitrogens with one attached hydrogen (secondary N) is 3. The zero-order valence-corrected chi connectivity index (χ0v) is 14.7. The molecule has 1 aliphatic heterocycles. The van der Waals surface area contributed by atoms with Crippen molar-refractivity contribution >= 4 is 29.6 Å². The first kappa shape index (κ1) is 19.2. The predicted octanol–water partition coefficient (Wildman–Crippen LogP) is 1.50. The Labute approximate surface area is 150 Å². The van der Waals surface area contributed by atoms with Gasteiger partial charge < -0.3 is 21.1 Å². The summed E-state index contributed by atoms with van der Waals surface area (Å²) in [7, 11) is 0. The van der Waals surface area contributed by atoms with Gasteiger partial charge in [0.15, 0.2) is 0 Å². The number of benzene rings is 1. The molecule has 1 saturated heterocycles. The van der Waals surface area contributed by atoms with Gasteiger partial charge in [0.2, 0.25) is 5.91 Å². The summed E-state index contributed by atoms with van der Waals surface area (Å²) >= 11 is 0. The summed E-state index contributed by atoms with van der Waals surface area (Å²) in [5, 5.41) is 16.6. The minimum absolute atomic E-state index is 0.00932. The smallest absolute Gasteiger partial charge is 0.324 e. The van der Waals surface area contributed by atoms with E-state index in [9.17, 15) is 19.2 Å². The second-order valence-corrected chi connectivity index (χ2v) is 6.70. The number of carboxylic acids is 1. The number of urea groups is 2. The number of carbonyl (C=O) groups is 4.